The third-order valence-electron chi connectivity index (χ3n) is 1.64. The van der Waals surface area contributed by atoms with Gasteiger partial charge in [0.25, 0.3) is 0 Å². The zero-order valence-electron chi connectivity index (χ0n) is 8.02. The fourth-order valence-corrected chi connectivity index (χ4v) is 2.28. The molecule has 0 fully saturated rings. The summed E-state index contributed by atoms with van der Waals surface area (Å²) in [4.78, 5) is -4.64. The number of benzene rings is 1. The normalized spacial score (nSPS) is 12.6. The van der Waals surface area contributed by atoms with E-state index in [9.17, 15) is 22.0 Å². The van der Waals surface area contributed by atoms with Crippen LogP contribution in [0.4, 0.5) is 22.0 Å². The Kier molecular flexibility index (Phi) is 3.80. The van der Waals surface area contributed by atoms with Crippen LogP contribution in [-0.4, -0.2) is 33.1 Å². The Morgan fingerprint density at radius 3 is 1.88 bits per heavy atom. The molecule has 0 N–H and O–H groups in total. The van der Waals surface area contributed by atoms with Crippen LogP contribution in [0.25, 0.3) is 0 Å². The Hall–Kier alpha value is -0.811. The Labute approximate surface area is 94.7 Å². The van der Waals surface area contributed by atoms with E-state index in [1.165, 1.54) is 31.4 Å². The van der Waals surface area contributed by atoms with Gasteiger partial charge in [-0.3, -0.25) is 0 Å². The van der Waals surface area contributed by atoms with Crippen molar-refractivity contribution in [3.63, 3.8) is 0 Å². The second-order valence-corrected chi connectivity index (χ2v) is 5.29. The van der Waals surface area contributed by atoms with Crippen LogP contribution in [0.1, 0.15) is 0 Å². The molecule has 0 saturated carbocycles. The Morgan fingerprint density at radius 2 is 1.50 bits per heavy atom. The maximum atomic E-state index is 12.7. The van der Waals surface area contributed by atoms with Crippen LogP contribution in [0.5, 0.6) is 5.75 Å². The summed E-state index contributed by atoms with van der Waals surface area (Å²) in [5, 5.41) is 0. The third-order valence-corrected chi connectivity index (χ3v) is 3.72. The van der Waals surface area contributed by atoms with Gasteiger partial charge in [-0.05, 0) is 0 Å². The van der Waals surface area contributed by atoms with Crippen molar-refractivity contribution in [2.75, 3.05) is 7.11 Å². The summed E-state index contributed by atoms with van der Waals surface area (Å²) >= 11 is -1.97. The second kappa shape index (κ2) is 4.59. The molecule has 0 aliphatic carbocycles. The molecule has 1 aromatic carbocycles. The van der Waals surface area contributed by atoms with Gasteiger partial charge in [0.15, 0.2) is 0 Å². The molecule has 1 nitrogen and oxygen atoms in total. The SMILES string of the molecule is COc1ccc([Se]C(F)(F)C(F)(F)F)cc1. The van der Waals surface area contributed by atoms with Crippen LogP contribution in [0, 0.1) is 0 Å². The molecule has 1 aromatic rings. The number of halogens is 5. The molecule has 0 bridgehead atoms. The van der Waals surface area contributed by atoms with E-state index in [0.29, 0.717) is 5.75 Å². The minimum absolute atomic E-state index is 0.0318. The first-order valence-corrected chi connectivity index (χ1v) is 5.75. The molecule has 0 aliphatic rings. The molecule has 90 valence electrons. The van der Waals surface area contributed by atoms with E-state index in [0.717, 1.165) is 0 Å². The molecule has 0 saturated heterocycles. The number of alkyl halides is 5. The van der Waals surface area contributed by atoms with Crippen molar-refractivity contribution in [2.24, 2.45) is 0 Å². The average molecular weight is 305 g/mol. The Balaban J connectivity index is 2.80. The van der Waals surface area contributed by atoms with E-state index in [2.05, 4.69) is 0 Å². The molecule has 0 radical (unpaired) electrons. The summed E-state index contributed by atoms with van der Waals surface area (Å²) in [6, 6.07) is 5.12. The van der Waals surface area contributed by atoms with Crippen LogP contribution < -0.4 is 9.20 Å². The van der Waals surface area contributed by atoms with E-state index in [-0.39, 0.29) is 4.46 Å². The summed E-state index contributed by atoms with van der Waals surface area (Å²) in [5.74, 6) is 0.412. The van der Waals surface area contributed by atoms with Gasteiger partial charge in [-0.15, -0.1) is 0 Å². The molecule has 0 amide bonds. The first-order chi connectivity index (χ1) is 7.26. The summed E-state index contributed by atoms with van der Waals surface area (Å²) in [7, 11) is 1.38. The first-order valence-electron chi connectivity index (χ1n) is 4.04. The van der Waals surface area contributed by atoms with Gasteiger partial charge >= 0.3 is 94.2 Å². The zero-order chi connectivity index (χ0) is 12.4. The van der Waals surface area contributed by atoms with Crippen molar-refractivity contribution >= 4 is 19.4 Å². The van der Waals surface area contributed by atoms with Gasteiger partial charge in [-0.2, -0.15) is 0 Å². The van der Waals surface area contributed by atoms with Crippen LogP contribution in [0.2, 0.25) is 0 Å². The molecule has 0 aromatic heterocycles. The summed E-state index contributed by atoms with van der Waals surface area (Å²) < 4.78 is 65.8. The van der Waals surface area contributed by atoms with Gasteiger partial charge in [-0.25, -0.2) is 0 Å². The fourth-order valence-electron chi connectivity index (χ4n) is 0.850. The van der Waals surface area contributed by atoms with Gasteiger partial charge < -0.3 is 0 Å². The van der Waals surface area contributed by atoms with E-state index in [1.807, 2.05) is 0 Å². The number of hydrogen-bond donors (Lipinski definition) is 0. The van der Waals surface area contributed by atoms with Gasteiger partial charge in [-0.1, -0.05) is 0 Å². The fraction of sp³-hybridized carbons (Fsp3) is 0.333. The van der Waals surface area contributed by atoms with Gasteiger partial charge in [0.2, 0.25) is 0 Å². The standard InChI is InChI=1S/C9H7F5OSe/c1-15-6-2-4-7(5-3-6)16-9(13,14)8(10,11)12/h2-5H,1H3. The summed E-state index contributed by atoms with van der Waals surface area (Å²) in [5.41, 5.74) is 0. The molecule has 0 heterocycles. The van der Waals surface area contributed by atoms with Crippen molar-refractivity contribution in [1.82, 2.24) is 0 Å². The predicted octanol–water partition coefficient (Wildman–Crippen LogP) is 2.18. The van der Waals surface area contributed by atoms with Crippen LogP contribution in [0.3, 0.4) is 0 Å². The average Bonchev–Trinajstić information content (AvgIpc) is 2.16. The Bertz CT molecular complexity index is 346. The summed E-state index contributed by atoms with van der Waals surface area (Å²) in [6.45, 7) is 0. The summed E-state index contributed by atoms with van der Waals surface area (Å²) in [6.07, 6.45) is -5.49. The van der Waals surface area contributed by atoms with Crippen LogP contribution >= 0.6 is 0 Å². The second-order valence-electron chi connectivity index (χ2n) is 2.79. The van der Waals surface area contributed by atoms with E-state index >= 15 is 0 Å². The number of hydrogen-bond acceptors (Lipinski definition) is 1. The minimum atomic E-state index is -5.49. The maximum absolute atomic E-state index is 12.7. The van der Waals surface area contributed by atoms with E-state index < -0.39 is 26.0 Å². The first kappa shape index (κ1) is 13.3. The molecule has 0 atom stereocenters. The van der Waals surface area contributed by atoms with Crippen molar-refractivity contribution in [3.8, 4) is 5.75 Å². The zero-order valence-corrected chi connectivity index (χ0v) is 9.73. The molecule has 0 aliphatic heterocycles. The predicted molar refractivity (Wildman–Crippen MR) is 49.4 cm³/mol. The van der Waals surface area contributed by atoms with Gasteiger partial charge in [0.1, 0.15) is 0 Å². The van der Waals surface area contributed by atoms with E-state index in [1.54, 1.807) is 0 Å². The molecular formula is C9H7F5OSe. The Morgan fingerprint density at radius 1 is 1.00 bits per heavy atom. The third kappa shape index (κ3) is 3.09. The van der Waals surface area contributed by atoms with Crippen molar-refractivity contribution in [1.29, 1.82) is 0 Å². The van der Waals surface area contributed by atoms with Crippen molar-refractivity contribution < 1.29 is 26.7 Å². The van der Waals surface area contributed by atoms with E-state index in [4.69, 9.17) is 4.74 Å². The van der Waals surface area contributed by atoms with Crippen molar-refractivity contribution in [2.45, 2.75) is 11.0 Å². The molecule has 0 spiro atoms. The van der Waals surface area contributed by atoms with Gasteiger partial charge in [0, 0.05) is 0 Å². The monoisotopic (exact) mass is 306 g/mol. The van der Waals surface area contributed by atoms with Crippen molar-refractivity contribution in [3.05, 3.63) is 24.3 Å². The quantitative estimate of drug-likeness (QED) is 0.614. The van der Waals surface area contributed by atoms with Crippen LogP contribution in [0.15, 0.2) is 24.3 Å². The molecule has 16 heavy (non-hydrogen) atoms. The molecular weight excluding hydrogens is 298 g/mol. The molecule has 1 rings (SSSR count). The number of methoxy groups -OCH3 is 1. The molecule has 7 heteroatoms. The van der Waals surface area contributed by atoms with Gasteiger partial charge in [0.05, 0.1) is 0 Å². The number of ether oxygens (including phenoxy) is 1. The topological polar surface area (TPSA) is 9.23 Å². The molecule has 0 unspecified atom stereocenters. The van der Waals surface area contributed by atoms with Crippen LogP contribution in [-0.2, 0) is 0 Å². The number of rotatable bonds is 3.